The van der Waals surface area contributed by atoms with Gasteiger partial charge in [0.25, 0.3) is 0 Å². The molecule has 3 N–H and O–H groups in total. The minimum Gasteiger partial charge on any atom is -0.372 e. The standard InChI is InChI=1S/C12H19NO3S/c1-2-3-4-5-6-7-8-10(14)12(16,17)9-11(13)15/h2-3,5-6,16-17H,4,7-9H2,1H3,(H2,13,15)/b3-2+,6-5+/t12-/m0/s1. The second-order valence-corrected chi connectivity index (χ2v) is 4.44. The van der Waals surface area contributed by atoms with Gasteiger partial charge in [0.1, 0.15) is 0 Å². The van der Waals surface area contributed by atoms with Crippen molar-refractivity contribution in [3.8, 4) is 0 Å². The first kappa shape index (κ1) is 15.9. The molecular formula is C12H19NO3S. The average Bonchev–Trinajstić information content (AvgIpc) is 2.21. The number of hydrogen-bond acceptors (Lipinski definition) is 4. The predicted molar refractivity (Wildman–Crippen MR) is 70.6 cm³/mol. The molecule has 0 saturated heterocycles. The first-order valence-electron chi connectivity index (χ1n) is 5.42. The molecule has 0 aromatic heterocycles. The first-order chi connectivity index (χ1) is 7.90. The molecule has 4 nitrogen and oxygen atoms in total. The fourth-order valence-corrected chi connectivity index (χ4v) is 1.45. The predicted octanol–water partition coefficient (Wildman–Crippen LogP) is 1.35. The number of nitrogens with two attached hydrogens (primary N) is 1. The van der Waals surface area contributed by atoms with Gasteiger partial charge in [-0.15, -0.1) is 12.6 Å². The summed E-state index contributed by atoms with van der Waals surface area (Å²) in [6, 6.07) is 0. The van der Waals surface area contributed by atoms with Crippen molar-refractivity contribution in [1.29, 1.82) is 0 Å². The molecule has 96 valence electrons. The Morgan fingerprint density at radius 1 is 1.35 bits per heavy atom. The Bertz CT molecular complexity index is 322. The van der Waals surface area contributed by atoms with E-state index in [0.29, 0.717) is 6.42 Å². The van der Waals surface area contributed by atoms with Gasteiger partial charge in [0.15, 0.2) is 10.7 Å². The van der Waals surface area contributed by atoms with Gasteiger partial charge in [0, 0.05) is 6.42 Å². The number of rotatable bonds is 8. The van der Waals surface area contributed by atoms with Crippen molar-refractivity contribution in [2.75, 3.05) is 0 Å². The number of Topliss-reactive ketones (excluding diaryl/α,β-unsaturated/α-hetero) is 1. The van der Waals surface area contributed by atoms with Crippen LogP contribution in [0.25, 0.3) is 0 Å². The lowest BCUT2D eigenvalue weighted by Gasteiger charge is -2.18. The molecule has 0 aliphatic heterocycles. The van der Waals surface area contributed by atoms with E-state index in [1.165, 1.54) is 0 Å². The number of aliphatic hydroxyl groups is 1. The molecule has 0 aliphatic carbocycles. The summed E-state index contributed by atoms with van der Waals surface area (Å²) in [5, 5.41) is 9.57. The number of hydrogen-bond donors (Lipinski definition) is 3. The normalized spacial score (nSPS) is 15.2. The molecule has 0 bridgehead atoms. The smallest absolute Gasteiger partial charge is 0.221 e. The maximum Gasteiger partial charge on any atom is 0.221 e. The number of thiol groups is 1. The number of amides is 1. The monoisotopic (exact) mass is 257 g/mol. The second kappa shape index (κ2) is 8.08. The number of carbonyl (C=O) groups is 2. The summed E-state index contributed by atoms with van der Waals surface area (Å²) in [5.41, 5.74) is 4.90. The maximum absolute atomic E-state index is 11.5. The van der Waals surface area contributed by atoms with Gasteiger partial charge in [-0.3, -0.25) is 9.59 Å². The van der Waals surface area contributed by atoms with Crippen molar-refractivity contribution in [3.63, 3.8) is 0 Å². The Labute approximate surface area is 107 Å². The van der Waals surface area contributed by atoms with E-state index in [2.05, 4.69) is 12.6 Å². The summed E-state index contributed by atoms with van der Waals surface area (Å²) in [4.78, 5) is 20.2. The summed E-state index contributed by atoms with van der Waals surface area (Å²) < 4.78 is 0. The van der Waals surface area contributed by atoms with E-state index in [4.69, 9.17) is 5.73 Å². The van der Waals surface area contributed by atoms with E-state index in [1.54, 1.807) is 0 Å². The highest BCUT2D eigenvalue weighted by Crippen LogP contribution is 2.19. The van der Waals surface area contributed by atoms with E-state index in [9.17, 15) is 14.7 Å². The Morgan fingerprint density at radius 2 is 2.00 bits per heavy atom. The third kappa shape index (κ3) is 7.76. The lowest BCUT2D eigenvalue weighted by atomic mass is 10.1. The first-order valence-corrected chi connectivity index (χ1v) is 5.87. The summed E-state index contributed by atoms with van der Waals surface area (Å²) in [7, 11) is 0. The molecule has 0 unspecified atom stereocenters. The van der Waals surface area contributed by atoms with Crippen LogP contribution in [0.3, 0.4) is 0 Å². The lowest BCUT2D eigenvalue weighted by molar-refractivity contribution is -0.134. The van der Waals surface area contributed by atoms with Gasteiger partial charge in [-0.05, 0) is 19.8 Å². The van der Waals surface area contributed by atoms with Crippen molar-refractivity contribution < 1.29 is 14.7 Å². The van der Waals surface area contributed by atoms with Gasteiger partial charge in [0.05, 0.1) is 6.42 Å². The van der Waals surface area contributed by atoms with Crippen LogP contribution in [0.15, 0.2) is 24.3 Å². The lowest BCUT2D eigenvalue weighted by Crippen LogP contribution is -2.37. The Kier molecular flexibility index (Phi) is 7.58. The van der Waals surface area contributed by atoms with Crippen molar-refractivity contribution in [2.24, 2.45) is 5.73 Å². The molecule has 17 heavy (non-hydrogen) atoms. The van der Waals surface area contributed by atoms with Crippen LogP contribution in [-0.2, 0) is 9.59 Å². The van der Waals surface area contributed by atoms with E-state index in [-0.39, 0.29) is 6.42 Å². The Morgan fingerprint density at radius 3 is 2.53 bits per heavy atom. The average molecular weight is 257 g/mol. The Hall–Kier alpha value is -1.07. The molecule has 1 atom stereocenters. The molecule has 0 heterocycles. The van der Waals surface area contributed by atoms with Crippen LogP contribution in [0.4, 0.5) is 0 Å². The van der Waals surface area contributed by atoms with Gasteiger partial charge in [-0.25, -0.2) is 0 Å². The fraction of sp³-hybridized carbons (Fsp3) is 0.500. The van der Waals surface area contributed by atoms with Crippen LogP contribution in [0, 0.1) is 0 Å². The minimum atomic E-state index is -1.94. The maximum atomic E-state index is 11.5. The molecule has 5 heteroatoms. The third-order valence-electron chi connectivity index (χ3n) is 2.08. The van der Waals surface area contributed by atoms with Crippen LogP contribution in [-0.4, -0.2) is 21.7 Å². The number of allylic oxidation sites excluding steroid dienone is 4. The molecule has 0 saturated carbocycles. The van der Waals surface area contributed by atoms with E-state index < -0.39 is 23.0 Å². The summed E-state index contributed by atoms with van der Waals surface area (Å²) in [6.07, 6.45) is 8.71. The van der Waals surface area contributed by atoms with Gasteiger partial charge in [-0.2, -0.15) is 0 Å². The van der Waals surface area contributed by atoms with Gasteiger partial charge < -0.3 is 10.8 Å². The van der Waals surface area contributed by atoms with Gasteiger partial charge in [0.2, 0.25) is 5.91 Å². The van der Waals surface area contributed by atoms with Crippen LogP contribution in [0.1, 0.15) is 32.6 Å². The highest BCUT2D eigenvalue weighted by atomic mass is 32.1. The van der Waals surface area contributed by atoms with Gasteiger partial charge in [-0.1, -0.05) is 24.3 Å². The van der Waals surface area contributed by atoms with Crippen molar-refractivity contribution >= 4 is 24.3 Å². The number of carbonyl (C=O) groups excluding carboxylic acids is 2. The topological polar surface area (TPSA) is 80.4 Å². The number of ketones is 1. The molecule has 0 aromatic rings. The number of primary amides is 1. The van der Waals surface area contributed by atoms with Crippen molar-refractivity contribution in [1.82, 2.24) is 0 Å². The molecule has 0 spiro atoms. The highest BCUT2D eigenvalue weighted by Gasteiger charge is 2.32. The zero-order valence-corrected chi connectivity index (χ0v) is 10.8. The van der Waals surface area contributed by atoms with Crippen LogP contribution >= 0.6 is 12.6 Å². The van der Waals surface area contributed by atoms with E-state index in [1.807, 2.05) is 31.2 Å². The van der Waals surface area contributed by atoms with Crippen molar-refractivity contribution in [2.45, 2.75) is 37.5 Å². The fourth-order valence-electron chi connectivity index (χ4n) is 1.18. The Balaban J connectivity index is 4.00. The van der Waals surface area contributed by atoms with E-state index in [0.717, 1.165) is 6.42 Å². The molecule has 0 fully saturated rings. The van der Waals surface area contributed by atoms with Crippen LogP contribution in [0.5, 0.6) is 0 Å². The van der Waals surface area contributed by atoms with Crippen LogP contribution < -0.4 is 5.73 Å². The SMILES string of the molecule is C/C=C/C/C=C/CCC(=O)[C@@](O)(S)CC(N)=O. The highest BCUT2D eigenvalue weighted by molar-refractivity contribution is 7.82. The molecule has 0 rings (SSSR count). The largest absolute Gasteiger partial charge is 0.372 e. The second-order valence-electron chi connectivity index (χ2n) is 3.70. The molecule has 0 aliphatic rings. The van der Waals surface area contributed by atoms with Gasteiger partial charge >= 0.3 is 0 Å². The van der Waals surface area contributed by atoms with Crippen molar-refractivity contribution in [3.05, 3.63) is 24.3 Å². The molecule has 0 aromatic carbocycles. The zero-order chi connectivity index (χ0) is 13.3. The zero-order valence-electron chi connectivity index (χ0n) is 9.93. The summed E-state index contributed by atoms with van der Waals surface area (Å²) in [5.74, 6) is -1.24. The minimum absolute atomic E-state index is 0.139. The van der Waals surface area contributed by atoms with E-state index >= 15 is 0 Å². The molecular weight excluding hydrogens is 238 g/mol. The quantitative estimate of drug-likeness (QED) is 0.349. The molecule has 0 radical (unpaired) electrons. The summed E-state index contributed by atoms with van der Waals surface area (Å²) in [6.45, 7) is 1.93. The summed E-state index contributed by atoms with van der Waals surface area (Å²) >= 11 is 3.75. The molecule has 1 amide bonds. The van der Waals surface area contributed by atoms with Crippen LogP contribution in [0.2, 0.25) is 0 Å². The third-order valence-corrected chi connectivity index (χ3v) is 2.49.